The summed E-state index contributed by atoms with van der Waals surface area (Å²) in [4.78, 5) is 0. The molecule has 0 fully saturated rings. The predicted octanol–water partition coefficient (Wildman–Crippen LogP) is 3.83. The molecule has 1 N–H and O–H groups in total. The standard InChI is InChI=1S/C15H12F4O/c1-8-6-10(16)3-2-9(8)7-13(20)11-4-5-12(17)15(19)14(11)18/h2-6,13,20H,7H2,1H3. The molecule has 0 aliphatic rings. The fourth-order valence-electron chi connectivity index (χ4n) is 2.00. The van der Waals surface area contributed by atoms with Gasteiger partial charge in [0.15, 0.2) is 17.5 Å². The lowest BCUT2D eigenvalue weighted by atomic mass is 9.97. The van der Waals surface area contributed by atoms with Gasteiger partial charge in [-0.25, -0.2) is 17.6 Å². The number of benzene rings is 2. The van der Waals surface area contributed by atoms with Crippen molar-refractivity contribution in [3.05, 3.63) is 70.3 Å². The Kier molecular flexibility index (Phi) is 4.09. The van der Waals surface area contributed by atoms with Gasteiger partial charge in [0.05, 0.1) is 6.10 Å². The van der Waals surface area contributed by atoms with Crippen LogP contribution in [0.15, 0.2) is 30.3 Å². The van der Waals surface area contributed by atoms with Gasteiger partial charge < -0.3 is 5.11 Å². The number of halogens is 4. The molecule has 0 bridgehead atoms. The largest absolute Gasteiger partial charge is 0.388 e. The second-order valence-corrected chi connectivity index (χ2v) is 4.56. The molecule has 5 heteroatoms. The smallest absolute Gasteiger partial charge is 0.194 e. The molecule has 0 saturated heterocycles. The monoisotopic (exact) mass is 284 g/mol. The van der Waals surface area contributed by atoms with Crippen LogP contribution in [0.5, 0.6) is 0 Å². The van der Waals surface area contributed by atoms with E-state index in [0.717, 1.165) is 12.1 Å². The minimum absolute atomic E-state index is 0.0197. The van der Waals surface area contributed by atoms with Gasteiger partial charge in [0.1, 0.15) is 5.82 Å². The zero-order valence-electron chi connectivity index (χ0n) is 10.6. The first-order valence-corrected chi connectivity index (χ1v) is 5.96. The summed E-state index contributed by atoms with van der Waals surface area (Å²) in [6.45, 7) is 1.65. The van der Waals surface area contributed by atoms with Gasteiger partial charge in [-0.05, 0) is 36.2 Å². The average Bonchev–Trinajstić information content (AvgIpc) is 2.39. The molecule has 0 heterocycles. The molecular formula is C15H12F4O. The second kappa shape index (κ2) is 5.63. The SMILES string of the molecule is Cc1cc(F)ccc1CC(O)c1ccc(F)c(F)c1F. The number of hydrogen-bond donors (Lipinski definition) is 1. The first kappa shape index (κ1) is 14.5. The van der Waals surface area contributed by atoms with Crippen LogP contribution in [0, 0.1) is 30.2 Å². The van der Waals surface area contributed by atoms with Crippen molar-refractivity contribution in [3.63, 3.8) is 0 Å². The van der Waals surface area contributed by atoms with Gasteiger partial charge >= 0.3 is 0 Å². The highest BCUT2D eigenvalue weighted by Gasteiger charge is 2.20. The van der Waals surface area contributed by atoms with Gasteiger partial charge in [0.2, 0.25) is 0 Å². The Labute approximate surface area is 113 Å². The molecule has 2 aromatic carbocycles. The van der Waals surface area contributed by atoms with Crippen LogP contribution in [0.4, 0.5) is 17.6 Å². The molecule has 1 unspecified atom stereocenters. The average molecular weight is 284 g/mol. The molecule has 0 aromatic heterocycles. The lowest BCUT2D eigenvalue weighted by Gasteiger charge is -2.14. The van der Waals surface area contributed by atoms with Crippen LogP contribution in [0.3, 0.4) is 0 Å². The van der Waals surface area contributed by atoms with E-state index in [0.29, 0.717) is 11.1 Å². The van der Waals surface area contributed by atoms with Crippen LogP contribution in [0.25, 0.3) is 0 Å². The zero-order chi connectivity index (χ0) is 14.9. The molecule has 0 spiro atoms. The minimum Gasteiger partial charge on any atom is -0.388 e. The van der Waals surface area contributed by atoms with Gasteiger partial charge in [-0.3, -0.25) is 0 Å². The maximum Gasteiger partial charge on any atom is 0.194 e. The summed E-state index contributed by atoms with van der Waals surface area (Å²) in [5.41, 5.74) is 0.864. The van der Waals surface area contributed by atoms with E-state index >= 15 is 0 Å². The van der Waals surface area contributed by atoms with Gasteiger partial charge in [-0.1, -0.05) is 12.1 Å². The predicted molar refractivity (Wildman–Crippen MR) is 66.1 cm³/mol. The van der Waals surface area contributed by atoms with Crippen LogP contribution in [0.1, 0.15) is 22.8 Å². The first-order chi connectivity index (χ1) is 9.40. The maximum atomic E-state index is 13.5. The fourth-order valence-corrected chi connectivity index (χ4v) is 2.00. The van der Waals surface area contributed by atoms with E-state index in [9.17, 15) is 22.7 Å². The Morgan fingerprint density at radius 2 is 1.70 bits per heavy atom. The molecule has 1 nitrogen and oxygen atoms in total. The summed E-state index contributed by atoms with van der Waals surface area (Å²) in [5.74, 6) is -4.74. The molecule has 0 amide bonds. The molecule has 1 atom stereocenters. The second-order valence-electron chi connectivity index (χ2n) is 4.56. The Balaban J connectivity index is 2.28. The van der Waals surface area contributed by atoms with Crippen LogP contribution >= 0.6 is 0 Å². The Morgan fingerprint density at radius 3 is 2.35 bits per heavy atom. The van der Waals surface area contributed by atoms with Crippen molar-refractivity contribution in [2.75, 3.05) is 0 Å². The molecule has 0 saturated carbocycles. The van der Waals surface area contributed by atoms with Crippen molar-refractivity contribution in [2.45, 2.75) is 19.4 Å². The quantitative estimate of drug-likeness (QED) is 0.671. The molecule has 0 radical (unpaired) electrons. The highest BCUT2D eigenvalue weighted by molar-refractivity contribution is 5.30. The highest BCUT2D eigenvalue weighted by atomic mass is 19.2. The van der Waals surface area contributed by atoms with E-state index in [1.807, 2.05) is 0 Å². The first-order valence-electron chi connectivity index (χ1n) is 5.96. The van der Waals surface area contributed by atoms with Crippen molar-refractivity contribution in [2.24, 2.45) is 0 Å². The third-order valence-corrected chi connectivity index (χ3v) is 3.14. The number of aliphatic hydroxyl groups is 1. The Bertz CT molecular complexity index is 640. The zero-order valence-corrected chi connectivity index (χ0v) is 10.6. The highest BCUT2D eigenvalue weighted by Crippen LogP contribution is 2.25. The molecule has 20 heavy (non-hydrogen) atoms. The van der Waals surface area contributed by atoms with E-state index < -0.39 is 29.4 Å². The van der Waals surface area contributed by atoms with Gasteiger partial charge in [0, 0.05) is 12.0 Å². The van der Waals surface area contributed by atoms with Crippen LogP contribution in [-0.4, -0.2) is 5.11 Å². The summed E-state index contributed by atoms with van der Waals surface area (Å²) in [6, 6.07) is 5.72. The van der Waals surface area contributed by atoms with Crippen molar-refractivity contribution in [3.8, 4) is 0 Å². The van der Waals surface area contributed by atoms with Crippen molar-refractivity contribution in [1.29, 1.82) is 0 Å². The van der Waals surface area contributed by atoms with E-state index in [-0.39, 0.29) is 12.0 Å². The van der Waals surface area contributed by atoms with Crippen molar-refractivity contribution >= 4 is 0 Å². The van der Waals surface area contributed by atoms with Crippen molar-refractivity contribution < 1.29 is 22.7 Å². The van der Waals surface area contributed by atoms with Gasteiger partial charge in [0.25, 0.3) is 0 Å². The topological polar surface area (TPSA) is 20.2 Å². The summed E-state index contributed by atoms with van der Waals surface area (Å²) >= 11 is 0. The molecule has 2 aromatic rings. The van der Waals surface area contributed by atoms with Crippen molar-refractivity contribution in [1.82, 2.24) is 0 Å². The number of aliphatic hydroxyl groups excluding tert-OH is 1. The van der Waals surface area contributed by atoms with Crippen LogP contribution in [-0.2, 0) is 6.42 Å². The third kappa shape index (κ3) is 2.82. The number of aryl methyl sites for hydroxylation is 1. The lowest BCUT2D eigenvalue weighted by molar-refractivity contribution is 0.171. The number of hydrogen-bond acceptors (Lipinski definition) is 1. The Morgan fingerprint density at radius 1 is 1.00 bits per heavy atom. The fraction of sp³-hybridized carbons (Fsp3) is 0.200. The normalized spacial score (nSPS) is 12.5. The summed E-state index contributed by atoms with van der Waals surface area (Å²) in [6.07, 6.45) is -1.36. The summed E-state index contributed by atoms with van der Waals surface area (Å²) in [7, 11) is 0. The van der Waals surface area contributed by atoms with E-state index in [2.05, 4.69) is 0 Å². The van der Waals surface area contributed by atoms with Gasteiger partial charge in [-0.15, -0.1) is 0 Å². The summed E-state index contributed by atoms with van der Waals surface area (Å²) < 4.78 is 52.4. The molecule has 0 aliphatic heterocycles. The minimum atomic E-state index is -1.61. The van der Waals surface area contributed by atoms with Crippen LogP contribution < -0.4 is 0 Å². The number of rotatable bonds is 3. The Hall–Kier alpha value is -1.88. The van der Waals surface area contributed by atoms with Gasteiger partial charge in [-0.2, -0.15) is 0 Å². The summed E-state index contributed by atoms with van der Waals surface area (Å²) in [5, 5.41) is 9.94. The van der Waals surface area contributed by atoms with E-state index in [1.54, 1.807) is 6.92 Å². The molecule has 2 rings (SSSR count). The van der Waals surface area contributed by atoms with E-state index in [4.69, 9.17) is 0 Å². The van der Waals surface area contributed by atoms with E-state index in [1.165, 1.54) is 18.2 Å². The lowest BCUT2D eigenvalue weighted by Crippen LogP contribution is -2.08. The maximum absolute atomic E-state index is 13.5. The molecular weight excluding hydrogens is 272 g/mol. The van der Waals surface area contributed by atoms with Crippen LogP contribution in [0.2, 0.25) is 0 Å². The third-order valence-electron chi connectivity index (χ3n) is 3.14. The molecule has 106 valence electrons. The molecule has 0 aliphatic carbocycles.